The minimum absolute atomic E-state index is 0.299. The predicted molar refractivity (Wildman–Crippen MR) is 63.4 cm³/mol. The van der Waals surface area contributed by atoms with Crippen molar-refractivity contribution < 1.29 is 0 Å². The summed E-state index contributed by atoms with van der Waals surface area (Å²) in [5.74, 6) is 0.860. The first kappa shape index (κ1) is 11.8. The van der Waals surface area contributed by atoms with Crippen molar-refractivity contribution in [2.24, 2.45) is 5.92 Å². The fourth-order valence-electron chi connectivity index (χ4n) is 3.09. The van der Waals surface area contributed by atoms with Crippen molar-refractivity contribution in [1.82, 2.24) is 5.32 Å². The van der Waals surface area contributed by atoms with Gasteiger partial charge in [0.1, 0.15) is 0 Å². The molecule has 82 valence electrons. The summed E-state index contributed by atoms with van der Waals surface area (Å²) in [7, 11) is 0. The van der Waals surface area contributed by atoms with Crippen molar-refractivity contribution >= 4 is 0 Å². The van der Waals surface area contributed by atoms with Crippen LogP contribution in [0.3, 0.4) is 0 Å². The average molecular weight is 195 g/mol. The molecule has 0 aromatic carbocycles. The van der Waals surface area contributed by atoms with Crippen LogP contribution in [0, 0.1) is 5.92 Å². The van der Waals surface area contributed by atoms with Gasteiger partial charge in [0.05, 0.1) is 0 Å². The number of hydrogen-bond acceptors (Lipinski definition) is 1. The van der Waals surface area contributed by atoms with Gasteiger partial charge in [-0.1, -0.05) is 6.08 Å². The van der Waals surface area contributed by atoms with Gasteiger partial charge in [-0.25, -0.2) is 0 Å². The number of hydrogen-bond donors (Lipinski definition) is 1. The second kappa shape index (κ2) is 4.06. The number of nitrogens with one attached hydrogen (secondary N) is 1. The molecule has 0 amide bonds. The summed E-state index contributed by atoms with van der Waals surface area (Å²) in [6, 6.07) is 0. The molecule has 0 radical (unpaired) electrons. The second-order valence-electron chi connectivity index (χ2n) is 6.03. The van der Waals surface area contributed by atoms with Crippen LogP contribution >= 0.6 is 0 Å². The van der Waals surface area contributed by atoms with Gasteiger partial charge in [0.15, 0.2) is 0 Å². The van der Waals surface area contributed by atoms with Crippen molar-refractivity contribution in [3.05, 3.63) is 12.7 Å². The molecule has 0 aliphatic carbocycles. The molecule has 0 unspecified atom stereocenters. The zero-order valence-electron chi connectivity index (χ0n) is 10.2. The number of piperidine rings is 1. The third-order valence-electron chi connectivity index (χ3n) is 3.05. The zero-order valence-corrected chi connectivity index (χ0v) is 10.2. The van der Waals surface area contributed by atoms with E-state index < -0.39 is 0 Å². The Morgan fingerprint density at radius 1 is 1.21 bits per heavy atom. The molecule has 1 aliphatic rings. The Hall–Kier alpha value is -0.300. The molecule has 0 bridgehead atoms. The Morgan fingerprint density at radius 3 is 2.14 bits per heavy atom. The molecule has 1 nitrogen and oxygen atoms in total. The first-order valence-electron chi connectivity index (χ1n) is 5.75. The van der Waals surface area contributed by atoms with E-state index in [9.17, 15) is 0 Å². The molecule has 1 heteroatoms. The fourth-order valence-corrected chi connectivity index (χ4v) is 3.09. The summed E-state index contributed by atoms with van der Waals surface area (Å²) in [5.41, 5.74) is 0.598. The van der Waals surface area contributed by atoms with Crippen LogP contribution in [-0.2, 0) is 0 Å². The highest BCUT2D eigenvalue weighted by atomic mass is 15.0. The lowest BCUT2D eigenvalue weighted by Gasteiger charge is -2.46. The molecule has 0 aromatic rings. The van der Waals surface area contributed by atoms with Crippen LogP contribution in [0.4, 0.5) is 0 Å². The van der Waals surface area contributed by atoms with E-state index in [0.29, 0.717) is 11.1 Å². The Labute approximate surface area is 89.0 Å². The van der Waals surface area contributed by atoms with E-state index in [1.165, 1.54) is 19.3 Å². The smallest absolute Gasteiger partial charge is 0.0132 e. The molecule has 0 aromatic heterocycles. The van der Waals surface area contributed by atoms with Gasteiger partial charge in [-0.2, -0.15) is 0 Å². The van der Waals surface area contributed by atoms with Crippen molar-refractivity contribution in [1.29, 1.82) is 0 Å². The van der Waals surface area contributed by atoms with E-state index in [4.69, 9.17) is 0 Å². The van der Waals surface area contributed by atoms with Gasteiger partial charge in [-0.3, -0.25) is 0 Å². The van der Waals surface area contributed by atoms with Crippen LogP contribution < -0.4 is 5.32 Å². The third kappa shape index (κ3) is 3.45. The molecule has 0 atom stereocenters. The first-order valence-corrected chi connectivity index (χ1v) is 5.75. The molecule has 1 N–H and O–H groups in total. The lowest BCUT2D eigenvalue weighted by molar-refractivity contribution is 0.124. The van der Waals surface area contributed by atoms with Crippen molar-refractivity contribution in [2.75, 3.05) is 0 Å². The van der Waals surface area contributed by atoms with E-state index in [1.54, 1.807) is 0 Å². The zero-order chi connectivity index (χ0) is 10.8. The van der Waals surface area contributed by atoms with Gasteiger partial charge in [-0.05, 0) is 59.3 Å². The highest BCUT2D eigenvalue weighted by Gasteiger charge is 2.36. The predicted octanol–water partition coefficient (Wildman–Crippen LogP) is 3.51. The Morgan fingerprint density at radius 2 is 1.71 bits per heavy atom. The molecular weight excluding hydrogens is 170 g/mol. The van der Waals surface area contributed by atoms with Gasteiger partial charge in [0, 0.05) is 11.1 Å². The van der Waals surface area contributed by atoms with Crippen LogP contribution in [-0.4, -0.2) is 11.1 Å². The first-order chi connectivity index (χ1) is 6.35. The highest BCUT2D eigenvalue weighted by Crippen LogP contribution is 2.35. The van der Waals surface area contributed by atoms with E-state index in [-0.39, 0.29) is 0 Å². The maximum atomic E-state index is 3.80. The van der Waals surface area contributed by atoms with Crippen LogP contribution in [0.1, 0.15) is 53.4 Å². The summed E-state index contributed by atoms with van der Waals surface area (Å²) in [4.78, 5) is 0. The van der Waals surface area contributed by atoms with Gasteiger partial charge in [-0.15, -0.1) is 6.58 Å². The van der Waals surface area contributed by atoms with Gasteiger partial charge in [0.2, 0.25) is 0 Å². The fraction of sp³-hybridized carbons (Fsp3) is 0.846. The largest absolute Gasteiger partial charge is 0.307 e. The summed E-state index contributed by atoms with van der Waals surface area (Å²) < 4.78 is 0. The molecule has 1 saturated heterocycles. The van der Waals surface area contributed by atoms with E-state index in [2.05, 4.69) is 39.6 Å². The van der Waals surface area contributed by atoms with Gasteiger partial charge in [0.25, 0.3) is 0 Å². The highest BCUT2D eigenvalue weighted by molar-refractivity contribution is 4.97. The molecule has 0 saturated carbocycles. The summed E-state index contributed by atoms with van der Waals surface area (Å²) in [6.07, 6.45) is 7.10. The monoisotopic (exact) mass is 195 g/mol. The third-order valence-corrected chi connectivity index (χ3v) is 3.05. The van der Waals surface area contributed by atoms with E-state index in [0.717, 1.165) is 12.3 Å². The van der Waals surface area contributed by atoms with Crippen LogP contribution in [0.2, 0.25) is 0 Å². The average Bonchev–Trinajstić information content (AvgIpc) is 1.94. The van der Waals surface area contributed by atoms with E-state index >= 15 is 0 Å². The lowest BCUT2D eigenvalue weighted by Crippen LogP contribution is -2.57. The molecule has 1 rings (SSSR count). The van der Waals surface area contributed by atoms with Crippen LogP contribution in [0.15, 0.2) is 12.7 Å². The molecule has 1 aliphatic heterocycles. The van der Waals surface area contributed by atoms with Crippen molar-refractivity contribution in [2.45, 2.75) is 64.5 Å². The topological polar surface area (TPSA) is 12.0 Å². The van der Waals surface area contributed by atoms with Crippen LogP contribution in [0.5, 0.6) is 0 Å². The quantitative estimate of drug-likeness (QED) is 0.680. The Balaban J connectivity index is 2.57. The molecule has 0 spiro atoms. The van der Waals surface area contributed by atoms with Gasteiger partial charge >= 0.3 is 0 Å². The lowest BCUT2D eigenvalue weighted by atomic mass is 9.74. The molecule has 1 fully saturated rings. The molecule has 1 heterocycles. The second-order valence-corrected chi connectivity index (χ2v) is 6.03. The van der Waals surface area contributed by atoms with Gasteiger partial charge < -0.3 is 5.32 Å². The minimum Gasteiger partial charge on any atom is -0.307 e. The SMILES string of the molecule is C=CCCC1CC(C)(C)NC(C)(C)C1. The summed E-state index contributed by atoms with van der Waals surface area (Å²) in [6.45, 7) is 13.1. The normalized spacial score (nSPS) is 26.0. The Kier molecular flexibility index (Phi) is 3.41. The maximum absolute atomic E-state index is 3.80. The van der Waals surface area contributed by atoms with E-state index in [1.807, 2.05) is 6.08 Å². The van der Waals surface area contributed by atoms with Crippen molar-refractivity contribution in [3.8, 4) is 0 Å². The standard InChI is InChI=1S/C13H25N/c1-6-7-8-11-9-12(2,3)14-13(4,5)10-11/h6,11,14H,1,7-10H2,2-5H3. The number of allylic oxidation sites excluding steroid dienone is 1. The number of rotatable bonds is 3. The molecular formula is C13H25N. The van der Waals surface area contributed by atoms with Crippen molar-refractivity contribution in [3.63, 3.8) is 0 Å². The Bertz CT molecular complexity index is 187. The minimum atomic E-state index is 0.299. The summed E-state index contributed by atoms with van der Waals surface area (Å²) in [5, 5.41) is 3.71. The van der Waals surface area contributed by atoms with Crippen LogP contribution in [0.25, 0.3) is 0 Å². The molecule has 14 heavy (non-hydrogen) atoms. The summed E-state index contributed by atoms with van der Waals surface area (Å²) >= 11 is 0. The maximum Gasteiger partial charge on any atom is 0.0132 e.